The molecule has 0 radical (unpaired) electrons. The summed E-state index contributed by atoms with van der Waals surface area (Å²) in [4.78, 5) is 0. The van der Waals surface area contributed by atoms with Crippen molar-refractivity contribution in [1.29, 1.82) is 0 Å². The van der Waals surface area contributed by atoms with Gasteiger partial charge in [0.05, 0.1) is 0 Å². The summed E-state index contributed by atoms with van der Waals surface area (Å²) in [6.07, 6.45) is 11.9. The molecule has 1 rings (SSSR count). The molecular formula is C19H32. The van der Waals surface area contributed by atoms with E-state index in [1.54, 1.807) is 11.1 Å². The molecule has 108 valence electrons. The second kappa shape index (κ2) is 7.12. The number of hydrogen-bond donors (Lipinski definition) is 0. The second-order valence-corrected chi connectivity index (χ2v) is 6.95. The molecule has 0 nitrogen and oxygen atoms in total. The van der Waals surface area contributed by atoms with E-state index in [0.29, 0.717) is 11.3 Å². The molecule has 0 spiro atoms. The van der Waals surface area contributed by atoms with Gasteiger partial charge in [-0.25, -0.2) is 0 Å². The maximum absolute atomic E-state index is 3.78. The van der Waals surface area contributed by atoms with E-state index in [-0.39, 0.29) is 0 Å². The van der Waals surface area contributed by atoms with Crippen LogP contribution in [0.5, 0.6) is 0 Å². The number of allylic oxidation sites excluding steroid dienone is 5. The molecule has 0 saturated heterocycles. The molecule has 1 unspecified atom stereocenters. The van der Waals surface area contributed by atoms with Gasteiger partial charge in [0.25, 0.3) is 0 Å². The van der Waals surface area contributed by atoms with Crippen molar-refractivity contribution in [2.45, 2.75) is 73.1 Å². The van der Waals surface area contributed by atoms with Crippen molar-refractivity contribution >= 4 is 0 Å². The average molecular weight is 260 g/mol. The minimum absolute atomic E-state index is 0.406. The van der Waals surface area contributed by atoms with E-state index in [1.807, 2.05) is 6.08 Å². The van der Waals surface area contributed by atoms with E-state index in [2.05, 4.69) is 47.3 Å². The highest BCUT2D eigenvalue weighted by Crippen LogP contribution is 2.45. The lowest BCUT2D eigenvalue weighted by molar-refractivity contribution is 0.327. The molecule has 0 amide bonds. The minimum atomic E-state index is 0.406. The zero-order chi connectivity index (χ0) is 14.5. The van der Waals surface area contributed by atoms with Crippen LogP contribution in [0.2, 0.25) is 0 Å². The van der Waals surface area contributed by atoms with E-state index in [9.17, 15) is 0 Å². The quantitative estimate of drug-likeness (QED) is 0.380. The minimum Gasteiger partial charge on any atom is -0.103 e. The summed E-state index contributed by atoms with van der Waals surface area (Å²) in [6, 6.07) is 0. The first-order valence-corrected chi connectivity index (χ1v) is 7.85. The average Bonchev–Trinajstić information content (AvgIpc) is 2.27. The van der Waals surface area contributed by atoms with Crippen LogP contribution in [0.1, 0.15) is 73.1 Å². The van der Waals surface area contributed by atoms with Crippen LogP contribution >= 0.6 is 0 Å². The lowest BCUT2D eigenvalue weighted by Crippen LogP contribution is -2.25. The normalized spacial score (nSPS) is 21.4. The lowest BCUT2D eigenvalue weighted by Gasteiger charge is -2.38. The highest BCUT2D eigenvalue weighted by Gasteiger charge is 2.31. The molecule has 1 atom stereocenters. The van der Waals surface area contributed by atoms with Crippen LogP contribution in [0.25, 0.3) is 0 Å². The summed E-state index contributed by atoms with van der Waals surface area (Å²) in [5.74, 6) is 0.690. The lowest BCUT2D eigenvalue weighted by atomic mass is 9.67. The monoisotopic (exact) mass is 260 g/mol. The van der Waals surface area contributed by atoms with Gasteiger partial charge in [-0.1, -0.05) is 49.6 Å². The van der Waals surface area contributed by atoms with Gasteiger partial charge in [-0.3, -0.25) is 0 Å². The van der Waals surface area contributed by atoms with E-state index in [0.717, 1.165) is 12.8 Å². The first-order chi connectivity index (χ1) is 8.88. The Morgan fingerprint density at radius 1 is 1.37 bits per heavy atom. The van der Waals surface area contributed by atoms with Gasteiger partial charge in [-0.2, -0.15) is 0 Å². The van der Waals surface area contributed by atoms with Crippen LogP contribution < -0.4 is 0 Å². The molecule has 0 saturated carbocycles. The number of unbranched alkanes of at least 4 members (excludes halogenated alkanes) is 1. The van der Waals surface area contributed by atoms with Crippen molar-refractivity contribution in [1.82, 2.24) is 0 Å². The standard InChI is InChI=1S/C19H32/c1-7-8-9-11-15(2)14-17(4)18-16(3)12-10-13-19(18,5)6/h7,11,17H,1,8-10,12-14H2,2-6H3/b15-11+. The van der Waals surface area contributed by atoms with Gasteiger partial charge in [0, 0.05) is 0 Å². The van der Waals surface area contributed by atoms with Gasteiger partial charge in [0.15, 0.2) is 0 Å². The van der Waals surface area contributed by atoms with Crippen molar-refractivity contribution in [2.75, 3.05) is 0 Å². The summed E-state index contributed by atoms with van der Waals surface area (Å²) in [7, 11) is 0. The Morgan fingerprint density at radius 3 is 2.63 bits per heavy atom. The Hall–Kier alpha value is -0.780. The van der Waals surface area contributed by atoms with Crippen LogP contribution in [0.3, 0.4) is 0 Å². The van der Waals surface area contributed by atoms with Crippen molar-refractivity contribution in [3.05, 3.63) is 35.5 Å². The third-order valence-electron chi connectivity index (χ3n) is 4.53. The van der Waals surface area contributed by atoms with Crippen LogP contribution in [0, 0.1) is 11.3 Å². The first kappa shape index (κ1) is 16.3. The Bertz CT molecular complexity index is 365. The first-order valence-electron chi connectivity index (χ1n) is 7.85. The van der Waals surface area contributed by atoms with Crippen molar-refractivity contribution in [3.63, 3.8) is 0 Å². The zero-order valence-corrected chi connectivity index (χ0v) is 13.7. The number of hydrogen-bond acceptors (Lipinski definition) is 0. The predicted molar refractivity (Wildman–Crippen MR) is 87.3 cm³/mol. The van der Waals surface area contributed by atoms with E-state index in [4.69, 9.17) is 0 Å². The van der Waals surface area contributed by atoms with Gasteiger partial charge >= 0.3 is 0 Å². The predicted octanol–water partition coefficient (Wildman–Crippen LogP) is 6.45. The topological polar surface area (TPSA) is 0 Å². The van der Waals surface area contributed by atoms with E-state index < -0.39 is 0 Å². The molecule has 0 aromatic heterocycles. The summed E-state index contributed by atoms with van der Waals surface area (Å²) < 4.78 is 0. The van der Waals surface area contributed by atoms with Crippen LogP contribution in [0.15, 0.2) is 35.5 Å². The van der Waals surface area contributed by atoms with Crippen molar-refractivity contribution < 1.29 is 0 Å². The molecule has 19 heavy (non-hydrogen) atoms. The molecule has 0 aliphatic heterocycles. The second-order valence-electron chi connectivity index (χ2n) is 6.95. The molecule has 1 aliphatic carbocycles. The Morgan fingerprint density at radius 2 is 2.05 bits per heavy atom. The smallest absolute Gasteiger partial charge is 0.0139 e. The Kier molecular flexibility index (Phi) is 6.10. The van der Waals surface area contributed by atoms with Crippen molar-refractivity contribution in [3.8, 4) is 0 Å². The third kappa shape index (κ3) is 4.67. The van der Waals surface area contributed by atoms with Gasteiger partial charge in [0.1, 0.15) is 0 Å². The molecule has 0 heteroatoms. The van der Waals surface area contributed by atoms with E-state index in [1.165, 1.54) is 31.3 Å². The van der Waals surface area contributed by atoms with Gasteiger partial charge in [-0.05, 0) is 63.7 Å². The summed E-state index contributed by atoms with van der Waals surface area (Å²) in [6.45, 7) is 15.7. The largest absolute Gasteiger partial charge is 0.103 e. The van der Waals surface area contributed by atoms with Crippen LogP contribution in [-0.4, -0.2) is 0 Å². The fraction of sp³-hybridized carbons (Fsp3) is 0.684. The number of rotatable bonds is 6. The molecule has 0 aromatic carbocycles. The molecule has 0 N–H and O–H groups in total. The summed E-state index contributed by atoms with van der Waals surface area (Å²) in [5, 5.41) is 0. The van der Waals surface area contributed by atoms with E-state index >= 15 is 0 Å². The van der Waals surface area contributed by atoms with Gasteiger partial charge in [-0.15, -0.1) is 6.58 Å². The molecule has 0 bridgehead atoms. The maximum Gasteiger partial charge on any atom is -0.0139 e. The summed E-state index contributed by atoms with van der Waals surface area (Å²) >= 11 is 0. The van der Waals surface area contributed by atoms with Crippen molar-refractivity contribution in [2.24, 2.45) is 11.3 Å². The molecule has 0 aromatic rings. The Labute approximate surface area is 120 Å². The third-order valence-corrected chi connectivity index (χ3v) is 4.53. The van der Waals surface area contributed by atoms with Gasteiger partial charge < -0.3 is 0 Å². The zero-order valence-electron chi connectivity index (χ0n) is 13.7. The molecular weight excluding hydrogens is 228 g/mol. The fourth-order valence-corrected chi connectivity index (χ4v) is 3.85. The molecule has 1 aliphatic rings. The highest BCUT2D eigenvalue weighted by molar-refractivity contribution is 5.26. The maximum atomic E-state index is 3.78. The SMILES string of the molecule is C=CCC/C=C(\C)CC(C)C1=C(C)CCCC1(C)C. The fourth-order valence-electron chi connectivity index (χ4n) is 3.85. The van der Waals surface area contributed by atoms with Crippen LogP contribution in [-0.2, 0) is 0 Å². The van der Waals surface area contributed by atoms with Gasteiger partial charge in [0.2, 0.25) is 0 Å². The molecule has 0 fully saturated rings. The summed E-state index contributed by atoms with van der Waals surface area (Å²) in [5.41, 5.74) is 5.33. The van der Waals surface area contributed by atoms with Crippen LogP contribution in [0.4, 0.5) is 0 Å². The Balaban J connectivity index is 2.73. The molecule has 0 heterocycles. The highest BCUT2D eigenvalue weighted by atomic mass is 14.4.